The summed E-state index contributed by atoms with van der Waals surface area (Å²) in [5.74, 6) is 0.00790. The Balaban J connectivity index is 1.71. The van der Waals surface area contributed by atoms with Gasteiger partial charge in [-0.05, 0) is 49.7 Å². The van der Waals surface area contributed by atoms with E-state index in [-0.39, 0.29) is 30.8 Å². The summed E-state index contributed by atoms with van der Waals surface area (Å²) in [6, 6.07) is 15.7. The Kier molecular flexibility index (Phi) is 6.96. The normalized spacial score (nSPS) is 12.4. The van der Waals surface area contributed by atoms with Gasteiger partial charge in [-0.25, -0.2) is 0 Å². The Morgan fingerprint density at radius 3 is 1.92 bits per heavy atom. The molecule has 0 radical (unpaired) electrons. The highest BCUT2D eigenvalue weighted by atomic mass is 16.5. The molecule has 0 spiro atoms. The van der Waals surface area contributed by atoms with Crippen molar-refractivity contribution in [2.75, 3.05) is 39.3 Å². The van der Waals surface area contributed by atoms with Crippen molar-refractivity contribution < 1.29 is 28.6 Å². The Bertz CT molecular complexity index is 1290. The summed E-state index contributed by atoms with van der Waals surface area (Å²) in [6.45, 7) is 4.03. The fourth-order valence-corrected chi connectivity index (χ4v) is 4.44. The predicted octanol–water partition coefficient (Wildman–Crippen LogP) is 4.27. The summed E-state index contributed by atoms with van der Waals surface area (Å²) in [4.78, 5) is 42.4. The third kappa shape index (κ3) is 4.37. The molecule has 0 bridgehead atoms. The van der Waals surface area contributed by atoms with Crippen LogP contribution >= 0.6 is 0 Å². The molecule has 3 aromatic carbocycles. The molecule has 8 heteroatoms. The van der Waals surface area contributed by atoms with Crippen LogP contribution in [0, 0.1) is 13.8 Å². The number of carbonyl (C=O) groups excluding carboxylic acids is 3. The zero-order chi connectivity index (χ0) is 26.0. The molecule has 0 atom stereocenters. The van der Waals surface area contributed by atoms with Crippen LogP contribution in [0.25, 0.3) is 0 Å². The van der Waals surface area contributed by atoms with Gasteiger partial charge < -0.3 is 19.1 Å². The van der Waals surface area contributed by atoms with Crippen molar-refractivity contribution in [2.24, 2.45) is 0 Å². The molecule has 36 heavy (non-hydrogen) atoms. The van der Waals surface area contributed by atoms with Gasteiger partial charge in [-0.15, -0.1) is 0 Å². The van der Waals surface area contributed by atoms with E-state index in [0.717, 1.165) is 11.1 Å². The first kappa shape index (κ1) is 24.8. The molecule has 186 valence electrons. The molecule has 4 rings (SSSR count). The molecule has 1 aliphatic rings. The van der Waals surface area contributed by atoms with E-state index in [4.69, 9.17) is 14.2 Å². The Labute approximate surface area is 210 Å². The third-order valence-electron chi connectivity index (χ3n) is 6.23. The highest BCUT2D eigenvalue weighted by molar-refractivity contribution is 6.21. The summed E-state index contributed by atoms with van der Waals surface area (Å²) in [7, 11) is 4.46. The number of anilines is 1. The first-order chi connectivity index (χ1) is 17.3. The molecule has 0 fully saturated rings. The standard InChI is InChI=1S/C28H28N2O6/c1-17-10-11-22(18(2)14-17)29(12-13-30-27(32)20-8-6-7-9-21(20)28(30)33)26(31)19-15-23(34-3)25(36-5)24(16-19)35-4/h6-11,14-16H,12-13H2,1-5H3. The Morgan fingerprint density at radius 2 is 1.42 bits per heavy atom. The Morgan fingerprint density at radius 1 is 0.833 bits per heavy atom. The van der Waals surface area contributed by atoms with Crippen LogP contribution in [0.5, 0.6) is 17.2 Å². The first-order valence-electron chi connectivity index (χ1n) is 11.4. The van der Waals surface area contributed by atoms with E-state index in [2.05, 4.69) is 0 Å². The summed E-state index contributed by atoms with van der Waals surface area (Å²) < 4.78 is 16.2. The molecule has 3 aromatic rings. The Hall–Kier alpha value is -4.33. The second-order valence-corrected chi connectivity index (χ2v) is 8.47. The van der Waals surface area contributed by atoms with Crippen LogP contribution < -0.4 is 19.1 Å². The number of aryl methyl sites for hydroxylation is 2. The number of nitrogens with zero attached hydrogens (tertiary/aromatic N) is 2. The molecule has 0 aromatic heterocycles. The number of rotatable bonds is 8. The van der Waals surface area contributed by atoms with Crippen molar-refractivity contribution >= 4 is 23.4 Å². The quantitative estimate of drug-likeness (QED) is 0.440. The van der Waals surface area contributed by atoms with Crippen molar-refractivity contribution in [1.29, 1.82) is 0 Å². The maximum atomic E-state index is 13.9. The minimum Gasteiger partial charge on any atom is -0.493 e. The second kappa shape index (κ2) is 10.1. The zero-order valence-corrected chi connectivity index (χ0v) is 21.0. The lowest BCUT2D eigenvalue weighted by molar-refractivity contribution is 0.0654. The van der Waals surface area contributed by atoms with Crippen LogP contribution in [-0.2, 0) is 0 Å². The van der Waals surface area contributed by atoms with E-state index in [9.17, 15) is 14.4 Å². The maximum Gasteiger partial charge on any atom is 0.261 e. The number of hydrogen-bond donors (Lipinski definition) is 0. The van der Waals surface area contributed by atoms with Gasteiger partial charge in [-0.1, -0.05) is 29.8 Å². The molecular weight excluding hydrogens is 460 g/mol. The van der Waals surface area contributed by atoms with Gasteiger partial charge in [0.05, 0.1) is 32.5 Å². The zero-order valence-electron chi connectivity index (χ0n) is 21.0. The minimum atomic E-state index is -0.364. The molecular formula is C28H28N2O6. The van der Waals surface area contributed by atoms with Crippen molar-refractivity contribution in [2.45, 2.75) is 13.8 Å². The van der Waals surface area contributed by atoms with Crippen molar-refractivity contribution in [3.8, 4) is 17.2 Å². The number of hydrogen-bond acceptors (Lipinski definition) is 6. The van der Waals surface area contributed by atoms with Crippen molar-refractivity contribution in [3.05, 3.63) is 82.4 Å². The predicted molar refractivity (Wildman–Crippen MR) is 135 cm³/mol. The van der Waals surface area contributed by atoms with E-state index in [1.165, 1.54) is 26.2 Å². The minimum absolute atomic E-state index is 0.0375. The van der Waals surface area contributed by atoms with Crippen molar-refractivity contribution in [3.63, 3.8) is 0 Å². The number of imide groups is 1. The van der Waals surface area contributed by atoms with Crippen molar-refractivity contribution in [1.82, 2.24) is 4.90 Å². The van der Waals surface area contributed by atoms with Crippen LogP contribution in [-0.4, -0.2) is 57.0 Å². The molecule has 3 amide bonds. The third-order valence-corrected chi connectivity index (χ3v) is 6.23. The molecule has 1 aliphatic heterocycles. The lowest BCUT2D eigenvalue weighted by Gasteiger charge is -2.27. The summed E-state index contributed by atoms with van der Waals surface area (Å²) in [6.07, 6.45) is 0. The van der Waals surface area contributed by atoms with E-state index >= 15 is 0 Å². The molecule has 0 unspecified atom stereocenters. The van der Waals surface area contributed by atoms with Gasteiger partial charge in [0.25, 0.3) is 17.7 Å². The largest absolute Gasteiger partial charge is 0.493 e. The van der Waals surface area contributed by atoms with Gasteiger partial charge in [0.15, 0.2) is 11.5 Å². The van der Waals surface area contributed by atoms with E-state index < -0.39 is 0 Å². The monoisotopic (exact) mass is 488 g/mol. The average Bonchev–Trinajstić information content (AvgIpc) is 3.13. The molecule has 0 saturated carbocycles. The summed E-state index contributed by atoms with van der Waals surface area (Å²) >= 11 is 0. The number of ether oxygens (including phenoxy) is 3. The molecule has 0 saturated heterocycles. The fourth-order valence-electron chi connectivity index (χ4n) is 4.44. The van der Waals surface area contributed by atoms with Gasteiger partial charge in [0.1, 0.15) is 0 Å². The first-order valence-corrected chi connectivity index (χ1v) is 11.4. The number of benzene rings is 3. The molecule has 0 N–H and O–H groups in total. The lowest BCUT2D eigenvalue weighted by Crippen LogP contribution is -2.41. The van der Waals surface area contributed by atoms with Gasteiger partial charge in [0, 0.05) is 24.3 Å². The van der Waals surface area contributed by atoms with E-state index in [1.807, 2.05) is 32.0 Å². The van der Waals surface area contributed by atoms with Crippen LogP contribution in [0.15, 0.2) is 54.6 Å². The van der Waals surface area contributed by atoms with Gasteiger partial charge in [-0.2, -0.15) is 0 Å². The average molecular weight is 489 g/mol. The molecule has 1 heterocycles. The number of fused-ring (bicyclic) bond motifs is 1. The number of carbonyl (C=O) groups is 3. The number of methoxy groups -OCH3 is 3. The SMILES string of the molecule is COc1cc(C(=O)N(CCN2C(=O)c3ccccc3C2=O)c2ccc(C)cc2C)cc(OC)c1OC. The number of amides is 3. The smallest absolute Gasteiger partial charge is 0.261 e. The highest BCUT2D eigenvalue weighted by Gasteiger charge is 2.35. The second-order valence-electron chi connectivity index (χ2n) is 8.47. The van der Waals surface area contributed by atoms with Gasteiger partial charge in [0.2, 0.25) is 5.75 Å². The van der Waals surface area contributed by atoms with Gasteiger partial charge in [-0.3, -0.25) is 19.3 Å². The van der Waals surface area contributed by atoms with Crippen LogP contribution in [0.4, 0.5) is 5.69 Å². The fraction of sp³-hybridized carbons (Fsp3) is 0.250. The van der Waals surface area contributed by atoms with E-state index in [1.54, 1.807) is 41.3 Å². The van der Waals surface area contributed by atoms with Gasteiger partial charge >= 0.3 is 0 Å². The molecule has 0 aliphatic carbocycles. The molecule has 8 nitrogen and oxygen atoms in total. The van der Waals surface area contributed by atoms with Crippen LogP contribution in [0.1, 0.15) is 42.2 Å². The highest BCUT2D eigenvalue weighted by Crippen LogP contribution is 2.39. The summed E-state index contributed by atoms with van der Waals surface area (Å²) in [5.41, 5.74) is 3.67. The maximum absolute atomic E-state index is 13.9. The van der Waals surface area contributed by atoms with Crippen LogP contribution in [0.2, 0.25) is 0 Å². The topological polar surface area (TPSA) is 85.4 Å². The lowest BCUT2D eigenvalue weighted by atomic mass is 10.1. The van der Waals surface area contributed by atoms with E-state index in [0.29, 0.717) is 39.6 Å². The summed E-state index contributed by atoms with van der Waals surface area (Å²) in [5, 5.41) is 0. The van der Waals surface area contributed by atoms with Crippen LogP contribution in [0.3, 0.4) is 0 Å².